The lowest BCUT2D eigenvalue weighted by Crippen LogP contribution is -1.95. The Morgan fingerprint density at radius 1 is 0.548 bits per heavy atom. The van der Waals surface area contributed by atoms with Crippen LogP contribution in [0.3, 0.4) is 0 Å². The molecule has 0 saturated carbocycles. The van der Waals surface area contributed by atoms with Gasteiger partial charge in [-0.2, -0.15) is 0 Å². The third-order valence-electron chi connectivity index (χ3n) is 5.18. The quantitative estimate of drug-likeness (QED) is 0.141. The number of carboxylic acids is 2. The Kier molecular flexibility index (Phi) is 17.6. The van der Waals surface area contributed by atoms with E-state index >= 15 is 0 Å². The summed E-state index contributed by atoms with van der Waals surface area (Å²) in [6.45, 7) is 0. The van der Waals surface area contributed by atoms with Gasteiger partial charge in [-0.1, -0.05) is 76.3 Å². The number of benzene rings is 1. The molecule has 6 heteroatoms. The van der Waals surface area contributed by atoms with Gasteiger partial charge in [0.25, 0.3) is 0 Å². The Labute approximate surface area is 197 Å². The predicted molar refractivity (Wildman–Crippen MR) is 132 cm³/mol. The van der Waals surface area contributed by atoms with Crippen molar-refractivity contribution in [2.75, 3.05) is 11.5 Å². The largest absolute Gasteiger partial charge is 0.481 e. The molecule has 2 N–H and O–H groups in total. The van der Waals surface area contributed by atoms with Crippen molar-refractivity contribution in [1.82, 2.24) is 0 Å². The molecule has 1 aromatic carbocycles. The van der Waals surface area contributed by atoms with Gasteiger partial charge in [-0.05, 0) is 42.9 Å². The van der Waals surface area contributed by atoms with E-state index in [1.807, 2.05) is 11.8 Å². The number of thioether (sulfide) groups is 2. The van der Waals surface area contributed by atoms with Crippen LogP contribution in [0.2, 0.25) is 0 Å². The molecule has 0 aliphatic rings. The molecular weight excluding hydrogens is 428 g/mol. The Morgan fingerprint density at radius 3 is 1.35 bits per heavy atom. The molecule has 31 heavy (non-hydrogen) atoms. The van der Waals surface area contributed by atoms with Crippen molar-refractivity contribution in [3.63, 3.8) is 0 Å². The molecule has 0 saturated heterocycles. The van der Waals surface area contributed by atoms with Crippen LogP contribution < -0.4 is 0 Å². The minimum absolute atomic E-state index is 0.247. The van der Waals surface area contributed by atoms with Crippen LogP contribution in [-0.2, 0) is 9.59 Å². The molecular formula is C25H40O4S2. The smallest absolute Gasteiger partial charge is 0.303 e. The lowest BCUT2D eigenvalue weighted by Gasteiger charge is -2.08. The van der Waals surface area contributed by atoms with Gasteiger partial charge in [0.2, 0.25) is 0 Å². The number of aliphatic carboxylic acids is 2. The van der Waals surface area contributed by atoms with Gasteiger partial charge < -0.3 is 10.2 Å². The third kappa shape index (κ3) is 17.1. The first-order valence-electron chi connectivity index (χ1n) is 11.9. The molecule has 0 spiro atoms. The zero-order valence-electron chi connectivity index (χ0n) is 18.9. The normalized spacial score (nSPS) is 11.0. The second kappa shape index (κ2) is 19.5. The van der Waals surface area contributed by atoms with Crippen LogP contribution >= 0.6 is 23.5 Å². The molecule has 0 fully saturated rings. The van der Waals surface area contributed by atoms with Crippen LogP contribution in [0.5, 0.6) is 0 Å². The van der Waals surface area contributed by atoms with E-state index in [-0.39, 0.29) is 6.42 Å². The molecule has 1 aromatic rings. The number of carboxylic acid groups (broad SMARTS) is 2. The first kappa shape index (κ1) is 27.9. The highest BCUT2D eigenvalue weighted by Gasteiger charge is 2.04. The van der Waals surface area contributed by atoms with E-state index in [4.69, 9.17) is 10.2 Å². The van der Waals surface area contributed by atoms with E-state index in [0.717, 1.165) is 24.3 Å². The second-order valence-corrected chi connectivity index (χ2v) is 10.3. The zero-order valence-corrected chi connectivity index (χ0v) is 20.5. The van der Waals surface area contributed by atoms with Crippen LogP contribution in [0.1, 0.15) is 96.3 Å². The highest BCUT2D eigenvalue weighted by atomic mass is 32.2. The summed E-state index contributed by atoms with van der Waals surface area (Å²) in [4.78, 5) is 23.7. The van der Waals surface area contributed by atoms with Crippen molar-refractivity contribution < 1.29 is 19.8 Å². The van der Waals surface area contributed by atoms with Gasteiger partial charge in [0.1, 0.15) is 0 Å². The van der Waals surface area contributed by atoms with Crippen molar-refractivity contribution in [3.05, 3.63) is 24.3 Å². The van der Waals surface area contributed by atoms with Crippen molar-refractivity contribution in [2.45, 2.75) is 106 Å². The molecule has 0 bridgehead atoms. The number of carbonyl (C=O) groups is 2. The van der Waals surface area contributed by atoms with Crippen LogP contribution in [0, 0.1) is 0 Å². The van der Waals surface area contributed by atoms with E-state index in [1.165, 1.54) is 74.0 Å². The van der Waals surface area contributed by atoms with Gasteiger partial charge in [-0.25, -0.2) is 0 Å². The van der Waals surface area contributed by atoms with Gasteiger partial charge in [0.05, 0.1) is 0 Å². The van der Waals surface area contributed by atoms with Crippen molar-refractivity contribution in [1.29, 1.82) is 0 Å². The molecule has 0 aliphatic carbocycles. The lowest BCUT2D eigenvalue weighted by molar-refractivity contribution is -0.138. The summed E-state index contributed by atoms with van der Waals surface area (Å²) in [6, 6.07) is 8.46. The molecule has 0 radical (unpaired) electrons. The van der Waals surface area contributed by atoms with Crippen molar-refractivity contribution in [2.24, 2.45) is 0 Å². The van der Waals surface area contributed by atoms with E-state index in [2.05, 4.69) is 24.3 Å². The number of unbranched alkanes of at least 4 members (excludes halogenated alkanes) is 11. The Morgan fingerprint density at radius 2 is 0.903 bits per heavy atom. The average Bonchev–Trinajstić information content (AvgIpc) is 2.74. The molecule has 0 unspecified atom stereocenters. The van der Waals surface area contributed by atoms with E-state index < -0.39 is 11.9 Å². The molecule has 0 amide bonds. The Balaban J connectivity index is 1.94. The summed E-state index contributed by atoms with van der Waals surface area (Å²) in [6.07, 6.45) is 16.0. The molecule has 0 aromatic heterocycles. The van der Waals surface area contributed by atoms with E-state index in [1.54, 1.807) is 11.8 Å². The fourth-order valence-corrected chi connectivity index (χ4v) is 5.62. The highest BCUT2D eigenvalue weighted by molar-refractivity contribution is 8.02. The fraction of sp³-hybridized carbons (Fsp3) is 0.680. The predicted octanol–water partition coefficient (Wildman–Crippen LogP) is 7.89. The van der Waals surface area contributed by atoms with Crippen LogP contribution in [0.25, 0.3) is 0 Å². The standard InChI is InChI=1S/C25H40O4S2/c26-24(27)18-11-9-7-5-3-1-2-4-6-8-10-14-20-30-22-16-12-13-17-23(22)31-21-15-19-25(28)29/h12-13,16-17H,1-11,14-15,18-21H2,(H,26,27)(H,28,29). The maximum atomic E-state index is 10.6. The average molecular weight is 469 g/mol. The SMILES string of the molecule is O=C(O)CCCCCCCCCCCCCCSc1ccccc1SCCCC(=O)O. The Hall–Kier alpha value is -1.14. The first-order valence-corrected chi connectivity index (χ1v) is 13.8. The van der Waals surface area contributed by atoms with Gasteiger partial charge >= 0.3 is 11.9 Å². The summed E-state index contributed by atoms with van der Waals surface area (Å²) in [5.74, 6) is 0.615. The van der Waals surface area contributed by atoms with Crippen molar-refractivity contribution >= 4 is 35.5 Å². The van der Waals surface area contributed by atoms with Gasteiger partial charge in [0, 0.05) is 22.6 Å². The molecule has 176 valence electrons. The highest BCUT2D eigenvalue weighted by Crippen LogP contribution is 2.32. The number of rotatable bonds is 21. The number of hydrogen-bond acceptors (Lipinski definition) is 4. The van der Waals surface area contributed by atoms with Gasteiger partial charge in [0.15, 0.2) is 0 Å². The van der Waals surface area contributed by atoms with E-state index in [9.17, 15) is 9.59 Å². The van der Waals surface area contributed by atoms with Crippen LogP contribution in [0.15, 0.2) is 34.1 Å². The lowest BCUT2D eigenvalue weighted by atomic mass is 10.0. The maximum Gasteiger partial charge on any atom is 0.303 e. The summed E-state index contributed by atoms with van der Waals surface area (Å²) in [7, 11) is 0. The van der Waals surface area contributed by atoms with Gasteiger partial charge in [-0.3, -0.25) is 9.59 Å². The number of hydrogen-bond donors (Lipinski definition) is 2. The molecule has 0 heterocycles. The zero-order chi connectivity index (χ0) is 22.6. The maximum absolute atomic E-state index is 10.6. The monoisotopic (exact) mass is 468 g/mol. The first-order chi connectivity index (χ1) is 15.1. The molecule has 0 atom stereocenters. The summed E-state index contributed by atoms with van der Waals surface area (Å²) >= 11 is 3.70. The van der Waals surface area contributed by atoms with Crippen molar-refractivity contribution in [3.8, 4) is 0 Å². The topological polar surface area (TPSA) is 74.6 Å². The minimum Gasteiger partial charge on any atom is -0.481 e. The third-order valence-corrected chi connectivity index (χ3v) is 7.63. The summed E-state index contributed by atoms with van der Waals surface area (Å²) in [5, 5.41) is 17.3. The van der Waals surface area contributed by atoms with Gasteiger partial charge in [-0.15, -0.1) is 23.5 Å². The summed E-state index contributed by atoms with van der Waals surface area (Å²) in [5.41, 5.74) is 0. The molecule has 0 aliphatic heterocycles. The molecule has 1 rings (SSSR count). The van der Waals surface area contributed by atoms with Crippen LogP contribution in [0.4, 0.5) is 0 Å². The fourth-order valence-electron chi connectivity index (χ4n) is 3.42. The molecule has 4 nitrogen and oxygen atoms in total. The summed E-state index contributed by atoms with van der Waals surface area (Å²) < 4.78 is 0. The Bertz CT molecular complexity index is 607. The van der Waals surface area contributed by atoms with E-state index in [0.29, 0.717) is 12.8 Å². The minimum atomic E-state index is -0.715. The van der Waals surface area contributed by atoms with Crippen LogP contribution in [-0.4, -0.2) is 33.7 Å². The second-order valence-electron chi connectivity index (χ2n) is 8.03.